The molecule has 0 saturated carbocycles. The van der Waals surface area contributed by atoms with E-state index in [4.69, 9.17) is 14.2 Å². The summed E-state index contributed by atoms with van der Waals surface area (Å²) in [5.74, 6) is -0.882. The van der Waals surface area contributed by atoms with Gasteiger partial charge < -0.3 is 14.2 Å². The largest absolute Gasteiger partial charge is 0.462 e. The van der Waals surface area contributed by atoms with E-state index in [-0.39, 0.29) is 31.1 Å². The summed E-state index contributed by atoms with van der Waals surface area (Å²) in [4.78, 5) is 38.0. The Morgan fingerprint density at radius 2 is 0.522 bits per heavy atom. The maximum absolute atomic E-state index is 12.8. The molecule has 69 heavy (non-hydrogen) atoms. The van der Waals surface area contributed by atoms with Gasteiger partial charge in [0.2, 0.25) is 0 Å². The van der Waals surface area contributed by atoms with Crippen LogP contribution in [0.25, 0.3) is 0 Å². The standard InChI is InChI=1S/C63H114O6/c1-4-7-10-13-16-18-20-22-24-26-28-29-30-31-32-33-35-36-38-40-42-44-47-50-53-56-62(65)68-59-60(58-67-61(64)55-52-49-46-15-12-9-6-3)69-63(66)57-54-51-48-45-43-41-39-37-34-27-25-23-21-19-17-14-11-8-5-2/h17,19,23,25-26,28,34,37,60H,4-16,18,20-22,24,27,29-33,35-36,38-59H2,1-3H3/b19-17-,25-23-,28-26-,37-34-. The average Bonchev–Trinajstić information content (AvgIpc) is 3.35. The number of unbranched alkanes of at least 4 members (excludes halogenated alkanes) is 36. The van der Waals surface area contributed by atoms with Crippen LogP contribution in [0.4, 0.5) is 0 Å². The molecule has 6 nitrogen and oxygen atoms in total. The normalized spacial score (nSPS) is 12.3. The lowest BCUT2D eigenvalue weighted by Gasteiger charge is -2.18. The number of carbonyl (C=O) groups is 3. The van der Waals surface area contributed by atoms with Crippen LogP contribution in [-0.2, 0) is 28.6 Å². The smallest absolute Gasteiger partial charge is 0.306 e. The molecule has 0 aromatic heterocycles. The van der Waals surface area contributed by atoms with E-state index in [1.54, 1.807) is 0 Å². The van der Waals surface area contributed by atoms with Crippen LogP contribution in [-0.4, -0.2) is 37.2 Å². The Bertz CT molecular complexity index is 1200. The molecular formula is C63H114O6. The SMILES string of the molecule is CCCCC/C=C\C/C=C\C/C=C\CCCCCCCCC(=O)OC(COC(=O)CCCCCCCCC)COC(=O)CCCCCCCCCCCCCCC/C=C\CCCCCCCCCC. The van der Waals surface area contributed by atoms with Crippen molar-refractivity contribution in [3.05, 3.63) is 48.6 Å². The molecule has 0 bridgehead atoms. The lowest BCUT2D eigenvalue weighted by molar-refractivity contribution is -0.167. The Morgan fingerprint density at radius 1 is 0.290 bits per heavy atom. The van der Waals surface area contributed by atoms with Gasteiger partial charge in [0.1, 0.15) is 13.2 Å². The zero-order valence-corrected chi connectivity index (χ0v) is 46.1. The van der Waals surface area contributed by atoms with Crippen LogP contribution in [0.5, 0.6) is 0 Å². The summed E-state index contributed by atoms with van der Waals surface area (Å²) in [6.45, 7) is 6.59. The van der Waals surface area contributed by atoms with Crippen LogP contribution >= 0.6 is 0 Å². The van der Waals surface area contributed by atoms with Crippen molar-refractivity contribution in [2.75, 3.05) is 13.2 Å². The summed E-state index contributed by atoms with van der Waals surface area (Å²) < 4.78 is 16.8. The Kier molecular flexibility index (Phi) is 55.7. The van der Waals surface area contributed by atoms with Gasteiger partial charge in [-0.3, -0.25) is 14.4 Å². The third-order valence-corrected chi connectivity index (χ3v) is 13.3. The maximum Gasteiger partial charge on any atom is 0.306 e. The molecule has 0 aromatic carbocycles. The van der Waals surface area contributed by atoms with E-state index in [9.17, 15) is 14.4 Å². The second kappa shape index (κ2) is 57.9. The highest BCUT2D eigenvalue weighted by Gasteiger charge is 2.19. The van der Waals surface area contributed by atoms with E-state index in [0.717, 1.165) is 77.0 Å². The van der Waals surface area contributed by atoms with Crippen LogP contribution in [0, 0.1) is 0 Å². The summed E-state index contributed by atoms with van der Waals surface area (Å²) in [7, 11) is 0. The summed E-state index contributed by atoms with van der Waals surface area (Å²) >= 11 is 0. The van der Waals surface area contributed by atoms with Crippen molar-refractivity contribution >= 4 is 17.9 Å². The van der Waals surface area contributed by atoms with Gasteiger partial charge in [0.15, 0.2) is 6.10 Å². The van der Waals surface area contributed by atoms with Crippen LogP contribution in [0.15, 0.2) is 48.6 Å². The number of esters is 3. The summed E-state index contributed by atoms with van der Waals surface area (Å²) in [6.07, 6.45) is 71.3. The first-order valence-corrected chi connectivity index (χ1v) is 30.1. The first kappa shape index (κ1) is 66.4. The molecule has 0 rings (SSSR count). The Morgan fingerprint density at radius 3 is 0.855 bits per heavy atom. The highest BCUT2D eigenvalue weighted by atomic mass is 16.6. The van der Waals surface area contributed by atoms with Gasteiger partial charge >= 0.3 is 17.9 Å². The molecule has 1 atom stereocenters. The van der Waals surface area contributed by atoms with Crippen molar-refractivity contribution in [1.29, 1.82) is 0 Å². The average molecular weight is 968 g/mol. The second-order valence-electron chi connectivity index (χ2n) is 20.3. The van der Waals surface area contributed by atoms with E-state index in [0.29, 0.717) is 19.3 Å². The van der Waals surface area contributed by atoms with Crippen LogP contribution in [0.1, 0.15) is 316 Å². The van der Waals surface area contributed by atoms with E-state index in [1.807, 2.05) is 0 Å². The van der Waals surface area contributed by atoms with E-state index >= 15 is 0 Å². The molecule has 0 amide bonds. The van der Waals surface area contributed by atoms with E-state index in [2.05, 4.69) is 69.4 Å². The molecule has 0 aromatic rings. The number of carbonyl (C=O) groups excluding carboxylic acids is 3. The number of rotatable bonds is 55. The van der Waals surface area contributed by atoms with Gasteiger partial charge in [-0.2, -0.15) is 0 Å². The Labute approximate surface area is 428 Å². The number of allylic oxidation sites excluding steroid dienone is 8. The number of ether oxygens (including phenoxy) is 3. The van der Waals surface area contributed by atoms with Crippen molar-refractivity contribution in [2.24, 2.45) is 0 Å². The molecular weight excluding hydrogens is 853 g/mol. The number of hydrogen-bond donors (Lipinski definition) is 0. The topological polar surface area (TPSA) is 78.9 Å². The zero-order valence-electron chi connectivity index (χ0n) is 46.1. The lowest BCUT2D eigenvalue weighted by Crippen LogP contribution is -2.30. The second-order valence-corrected chi connectivity index (χ2v) is 20.3. The van der Waals surface area contributed by atoms with Gasteiger partial charge in [0.25, 0.3) is 0 Å². The van der Waals surface area contributed by atoms with Crippen molar-refractivity contribution in [3.8, 4) is 0 Å². The summed E-state index contributed by atoms with van der Waals surface area (Å²) in [5, 5.41) is 0. The van der Waals surface area contributed by atoms with Gasteiger partial charge in [-0.05, 0) is 83.5 Å². The molecule has 0 radical (unpaired) electrons. The van der Waals surface area contributed by atoms with Gasteiger partial charge in [0.05, 0.1) is 0 Å². The maximum atomic E-state index is 12.8. The Balaban J connectivity index is 4.14. The minimum Gasteiger partial charge on any atom is -0.462 e. The fourth-order valence-corrected chi connectivity index (χ4v) is 8.74. The third kappa shape index (κ3) is 56.2. The van der Waals surface area contributed by atoms with Crippen molar-refractivity contribution in [2.45, 2.75) is 322 Å². The quantitative estimate of drug-likeness (QED) is 0.0262. The van der Waals surface area contributed by atoms with E-state index < -0.39 is 6.10 Å². The predicted octanol–water partition coefficient (Wildman–Crippen LogP) is 20.2. The molecule has 6 heteroatoms. The molecule has 0 aliphatic heterocycles. The Hall–Kier alpha value is -2.63. The van der Waals surface area contributed by atoms with Gasteiger partial charge in [0, 0.05) is 19.3 Å². The molecule has 0 aliphatic carbocycles. The highest BCUT2D eigenvalue weighted by Crippen LogP contribution is 2.16. The summed E-state index contributed by atoms with van der Waals surface area (Å²) in [6, 6.07) is 0. The number of hydrogen-bond acceptors (Lipinski definition) is 6. The van der Waals surface area contributed by atoms with Crippen LogP contribution in [0.2, 0.25) is 0 Å². The van der Waals surface area contributed by atoms with Gasteiger partial charge in [-0.1, -0.05) is 262 Å². The van der Waals surface area contributed by atoms with Crippen molar-refractivity contribution in [1.82, 2.24) is 0 Å². The minimum absolute atomic E-state index is 0.0761. The summed E-state index contributed by atoms with van der Waals surface area (Å²) in [5.41, 5.74) is 0. The first-order valence-electron chi connectivity index (χ1n) is 30.1. The molecule has 0 heterocycles. The monoisotopic (exact) mass is 967 g/mol. The molecule has 402 valence electrons. The van der Waals surface area contributed by atoms with Crippen molar-refractivity contribution in [3.63, 3.8) is 0 Å². The zero-order chi connectivity index (χ0) is 50.0. The predicted molar refractivity (Wildman–Crippen MR) is 298 cm³/mol. The third-order valence-electron chi connectivity index (χ3n) is 13.3. The fraction of sp³-hybridized carbons (Fsp3) is 0.825. The minimum atomic E-state index is -0.776. The fourth-order valence-electron chi connectivity index (χ4n) is 8.74. The van der Waals surface area contributed by atoms with Crippen molar-refractivity contribution < 1.29 is 28.6 Å². The van der Waals surface area contributed by atoms with E-state index in [1.165, 1.54) is 199 Å². The molecule has 0 fully saturated rings. The highest BCUT2D eigenvalue weighted by molar-refractivity contribution is 5.71. The molecule has 0 aliphatic rings. The molecule has 0 spiro atoms. The molecule has 1 unspecified atom stereocenters. The molecule has 0 saturated heterocycles. The van der Waals surface area contributed by atoms with Gasteiger partial charge in [-0.25, -0.2) is 0 Å². The molecule has 0 N–H and O–H groups in total. The van der Waals surface area contributed by atoms with Crippen LogP contribution in [0.3, 0.4) is 0 Å². The lowest BCUT2D eigenvalue weighted by atomic mass is 10.0. The van der Waals surface area contributed by atoms with Crippen LogP contribution < -0.4 is 0 Å². The first-order chi connectivity index (χ1) is 34.0. The van der Waals surface area contributed by atoms with Gasteiger partial charge in [-0.15, -0.1) is 0 Å².